The summed E-state index contributed by atoms with van der Waals surface area (Å²) in [5.74, 6) is 6.83. The standard InChI is InChI=1S/C20H20O2/c1-15-3-5-17(6-4-15)7-8-18-9-11-19(12-10-18)20-21-13-16(2)14-22-20/h3-6,9-12,16,20H,13-14H2,1-2H3. The Morgan fingerprint density at radius 3 is 1.86 bits per heavy atom. The van der Waals surface area contributed by atoms with Gasteiger partial charge in [0, 0.05) is 22.6 Å². The van der Waals surface area contributed by atoms with Gasteiger partial charge in [0.05, 0.1) is 13.2 Å². The molecule has 1 aliphatic heterocycles. The molecular formula is C20H20O2. The minimum Gasteiger partial charge on any atom is -0.348 e. The van der Waals surface area contributed by atoms with Crippen molar-refractivity contribution in [2.45, 2.75) is 20.1 Å². The summed E-state index contributed by atoms with van der Waals surface area (Å²) in [6, 6.07) is 16.3. The Morgan fingerprint density at radius 1 is 0.818 bits per heavy atom. The summed E-state index contributed by atoms with van der Waals surface area (Å²) in [5, 5.41) is 0. The van der Waals surface area contributed by atoms with Crippen LogP contribution in [-0.2, 0) is 9.47 Å². The first-order valence-corrected chi connectivity index (χ1v) is 7.62. The van der Waals surface area contributed by atoms with Crippen molar-refractivity contribution in [3.05, 3.63) is 70.8 Å². The van der Waals surface area contributed by atoms with Gasteiger partial charge >= 0.3 is 0 Å². The van der Waals surface area contributed by atoms with Gasteiger partial charge in [0.25, 0.3) is 0 Å². The van der Waals surface area contributed by atoms with E-state index in [4.69, 9.17) is 9.47 Å². The number of hydrogen-bond acceptors (Lipinski definition) is 2. The number of hydrogen-bond donors (Lipinski definition) is 0. The molecule has 1 heterocycles. The van der Waals surface area contributed by atoms with E-state index in [0.29, 0.717) is 5.92 Å². The van der Waals surface area contributed by atoms with E-state index < -0.39 is 0 Å². The normalized spacial score (nSPS) is 21.0. The van der Waals surface area contributed by atoms with Crippen molar-refractivity contribution in [2.75, 3.05) is 13.2 Å². The summed E-state index contributed by atoms with van der Waals surface area (Å²) >= 11 is 0. The molecule has 22 heavy (non-hydrogen) atoms. The van der Waals surface area contributed by atoms with Crippen molar-refractivity contribution in [3.63, 3.8) is 0 Å². The third-order valence-electron chi connectivity index (χ3n) is 3.65. The average molecular weight is 292 g/mol. The summed E-state index contributed by atoms with van der Waals surface area (Å²) < 4.78 is 11.4. The van der Waals surface area contributed by atoms with Crippen molar-refractivity contribution in [1.29, 1.82) is 0 Å². The van der Waals surface area contributed by atoms with E-state index in [-0.39, 0.29) is 6.29 Å². The van der Waals surface area contributed by atoms with Crippen molar-refractivity contribution in [1.82, 2.24) is 0 Å². The molecule has 0 N–H and O–H groups in total. The van der Waals surface area contributed by atoms with E-state index in [2.05, 4.69) is 37.8 Å². The van der Waals surface area contributed by atoms with Crippen LogP contribution in [-0.4, -0.2) is 13.2 Å². The number of benzene rings is 2. The van der Waals surface area contributed by atoms with Gasteiger partial charge in [-0.2, -0.15) is 0 Å². The molecule has 0 bridgehead atoms. The summed E-state index contributed by atoms with van der Waals surface area (Å²) in [6.45, 7) is 5.70. The summed E-state index contributed by atoms with van der Waals surface area (Å²) in [5.41, 5.74) is 4.32. The molecule has 0 amide bonds. The Balaban J connectivity index is 1.68. The Morgan fingerprint density at radius 2 is 1.32 bits per heavy atom. The van der Waals surface area contributed by atoms with E-state index in [1.807, 2.05) is 36.4 Å². The Hall–Kier alpha value is -2.08. The lowest BCUT2D eigenvalue weighted by molar-refractivity contribution is -0.202. The smallest absolute Gasteiger partial charge is 0.183 e. The van der Waals surface area contributed by atoms with E-state index >= 15 is 0 Å². The first-order chi connectivity index (χ1) is 10.7. The van der Waals surface area contributed by atoms with Gasteiger partial charge in [-0.05, 0) is 31.2 Å². The molecule has 0 aromatic heterocycles. The zero-order valence-electron chi connectivity index (χ0n) is 13.0. The molecule has 2 aromatic rings. The van der Waals surface area contributed by atoms with Crippen LogP contribution in [0.3, 0.4) is 0 Å². The Labute approximate surface area is 132 Å². The van der Waals surface area contributed by atoms with E-state index in [9.17, 15) is 0 Å². The maximum absolute atomic E-state index is 5.70. The largest absolute Gasteiger partial charge is 0.348 e. The van der Waals surface area contributed by atoms with Crippen molar-refractivity contribution in [2.24, 2.45) is 5.92 Å². The highest BCUT2D eigenvalue weighted by atomic mass is 16.7. The molecule has 1 saturated heterocycles. The third kappa shape index (κ3) is 3.76. The minimum absolute atomic E-state index is 0.240. The van der Waals surface area contributed by atoms with Gasteiger partial charge in [-0.15, -0.1) is 0 Å². The van der Waals surface area contributed by atoms with Crippen LogP contribution < -0.4 is 0 Å². The SMILES string of the molecule is Cc1ccc(C#Cc2ccc(C3OCC(C)CO3)cc2)cc1. The van der Waals surface area contributed by atoms with Crippen molar-refractivity contribution < 1.29 is 9.47 Å². The van der Waals surface area contributed by atoms with E-state index in [1.54, 1.807) is 0 Å². The Bertz CT molecular complexity index is 666. The molecule has 1 aliphatic rings. The lowest BCUT2D eigenvalue weighted by atomic mass is 10.1. The fraction of sp³-hybridized carbons (Fsp3) is 0.300. The second-order valence-electron chi connectivity index (χ2n) is 5.84. The van der Waals surface area contributed by atoms with Crippen LogP contribution in [0, 0.1) is 24.7 Å². The van der Waals surface area contributed by atoms with Crippen molar-refractivity contribution in [3.8, 4) is 11.8 Å². The molecule has 2 heteroatoms. The number of aryl methyl sites for hydroxylation is 1. The van der Waals surface area contributed by atoms with Gasteiger partial charge in [-0.3, -0.25) is 0 Å². The molecule has 2 aromatic carbocycles. The maximum Gasteiger partial charge on any atom is 0.183 e. The Kier molecular flexibility index (Phi) is 4.58. The van der Waals surface area contributed by atoms with Gasteiger partial charge in [0.1, 0.15) is 0 Å². The molecule has 3 rings (SSSR count). The third-order valence-corrected chi connectivity index (χ3v) is 3.65. The van der Waals surface area contributed by atoms with Crippen LogP contribution in [0.15, 0.2) is 48.5 Å². The van der Waals surface area contributed by atoms with Gasteiger partial charge in [0.2, 0.25) is 0 Å². The van der Waals surface area contributed by atoms with Crippen LogP contribution in [0.5, 0.6) is 0 Å². The first kappa shape index (κ1) is 14.8. The highest BCUT2D eigenvalue weighted by Crippen LogP contribution is 2.24. The number of ether oxygens (including phenoxy) is 2. The molecule has 2 nitrogen and oxygen atoms in total. The zero-order chi connectivity index (χ0) is 15.4. The molecule has 0 atom stereocenters. The quantitative estimate of drug-likeness (QED) is 0.737. The van der Waals surface area contributed by atoms with Gasteiger partial charge in [0.15, 0.2) is 6.29 Å². The van der Waals surface area contributed by atoms with Gasteiger partial charge in [-0.25, -0.2) is 0 Å². The lowest BCUT2D eigenvalue weighted by Crippen LogP contribution is -2.24. The minimum atomic E-state index is -0.240. The predicted octanol–water partition coefficient (Wildman–Crippen LogP) is 4.08. The molecule has 0 spiro atoms. The van der Waals surface area contributed by atoms with Crippen LogP contribution in [0.25, 0.3) is 0 Å². The topological polar surface area (TPSA) is 18.5 Å². The lowest BCUT2D eigenvalue weighted by Gasteiger charge is -2.27. The summed E-state index contributed by atoms with van der Waals surface area (Å²) in [7, 11) is 0. The average Bonchev–Trinajstić information content (AvgIpc) is 2.56. The molecule has 0 saturated carbocycles. The molecular weight excluding hydrogens is 272 g/mol. The second kappa shape index (κ2) is 6.79. The summed E-state index contributed by atoms with van der Waals surface area (Å²) in [6.07, 6.45) is -0.240. The highest BCUT2D eigenvalue weighted by molar-refractivity contribution is 5.44. The van der Waals surface area contributed by atoms with Crippen LogP contribution in [0.4, 0.5) is 0 Å². The van der Waals surface area contributed by atoms with E-state index in [0.717, 1.165) is 29.9 Å². The predicted molar refractivity (Wildman–Crippen MR) is 87.4 cm³/mol. The molecule has 1 fully saturated rings. The molecule has 0 aliphatic carbocycles. The van der Waals surface area contributed by atoms with Crippen LogP contribution >= 0.6 is 0 Å². The van der Waals surface area contributed by atoms with Crippen LogP contribution in [0.1, 0.15) is 35.5 Å². The fourth-order valence-corrected chi connectivity index (χ4v) is 2.30. The molecule has 112 valence electrons. The fourth-order valence-electron chi connectivity index (χ4n) is 2.30. The molecule has 0 radical (unpaired) electrons. The monoisotopic (exact) mass is 292 g/mol. The second-order valence-corrected chi connectivity index (χ2v) is 5.84. The number of rotatable bonds is 1. The molecule has 0 unspecified atom stereocenters. The maximum atomic E-state index is 5.70. The van der Waals surface area contributed by atoms with Gasteiger partial charge < -0.3 is 9.47 Å². The van der Waals surface area contributed by atoms with Crippen LogP contribution in [0.2, 0.25) is 0 Å². The zero-order valence-corrected chi connectivity index (χ0v) is 13.0. The first-order valence-electron chi connectivity index (χ1n) is 7.62. The highest BCUT2D eigenvalue weighted by Gasteiger charge is 2.20. The van der Waals surface area contributed by atoms with E-state index in [1.165, 1.54) is 5.56 Å². The van der Waals surface area contributed by atoms with Gasteiger partial charge in [-0.1, -0.05) is 48.6 Å². The van der Waals surface area contributed by atoms with Crippen molar-refractivity contribution >= 4 is 0 Å². The summed E-state index contributed by atoms with van der Waals surface area (Å²) in [4.78, 5) is 0.